The molecule has 2 rings (SSSR count). The molecule has 2 atom stereocenters. The Morgan fingerprint density at radius 3 is 2.15 bits per heavy atom. The quantitative estimate of drug-likeness (QED) is 0.336. The summed E-state index contributed by atoms with van der Waals surface area (Å²) in [4.78, 5) is 0. The third-order valence-electron chi connectivity index (χ3n) is 7.17. The molecular formula is C22H39NaO3S. The fraction of sp³-hybridized carbons (Fsp3) is 0.909. The molecule has 0 radical (unpaired) electrons. The van der Waals surface area contributed by atoms with Crippen molar-refractivity contribution >= 4 is 10.1 Å². The molecule has 0 aliphatic heterocycles. The average Bonchev–Trinajstić information content (AvgIpc) is 2.64. The van der Waals surface area contributed by atoms with E-state index in [0.717, 1.165) is 31.1 Å². The average molecular weight is 407 g/mol. The van der Waals surface area contributed by atoms with Gasteiger partial charge < -0.3 is 4.55 Å². The van der Waals surface area contributed by atoms with Crippen molar-refractivity contribution in [3.63, 3.8) is 0 Å². The predicted molar refractivity (Wildman–Crippen MR) is 108 cm³/mol. The first kappa shape index (κ1) is 25.7. The third kappa shape index (κ3) is 8.90. The molecule has 0 heterocycles. The summed E-state index contributed by atoms with van der Waals surface area (Å²) in [5, 5.41) is -0.628. The van der Waals surface area contributed by atoms with E-state index in [2.05, 4.69) is 26.0 Å². The fourth-order valence-corrected chi connectivity index (χ4v) is 6.08. The molecule has 27 heavy (non-hydrogen) atoms. The first-order valence-corrected chi connectivity index (χ1v) is 12.5. The van der Waals surface area contributed by atoms with Gasteiger partial charge in [-0.3, -0.25) is 0 Å². The summed E-state index contributed by atoms with van der Waals surface area (Å²) >= 11 is 0. The van der Waals surface area contributed by atoms with Crippen LogP contribution in [-0.2, 0) is 10.1 Å². The SMILES string of the molecule is CCC(C/C=C/CCC(C)C1CCC(S(=O)(=O)[O-])CC1)C1CCCCC1.[Na+]. The first-order valence-electron chi connectivity index (χ1n) is 11.0. The van der Waals surface area contributed by atoms with Gasteiger partial charge in [-0.1, -0.05) is 64.5 Å². The zero-order valence-corrected chi connectivity index (χ0v) is 20.7. The molecule has 0 aromatic heterocycles. The molecule has 2 fully saturated rings. The number of hydrogen-bond acceptors (Lipinski definition) is 3. The molecule has 0 spiro atoms. The molecule has 0 bridgehead atoms. The van der Waals surface area contributed by atoms with Crippen LogP contribution in [0.2, 0.25) is 0 Å². The molecule has 0 amide bonds. The van der Waals surface area contributed by atoms with Gasteiger partial charge in [0.05, 0.1) is 10.1 Å². The van der Waals surface area contributed by atoms with E-state index in [0.29, 0.717) is 24.7 Å². The summed E-state index contributed by atoms with van der Waals surface area (Å²) < 4.78 is 33.4. The van der Waals surface area contributed by atoms with E-state index in [1.165, 1.54) is 51.4 Å². The van der Waals surface area contributed by atoms with Gasteiger partial charge in [0.2, 0.25) is 0 Å². The fourth-order valence-electron chi connectivity index (χ4n) is 5.23. The third-order valence-corrected chi connectivity index (χ3v) is 8.45. The van der Waals surface area contributed by atoms with Gasteiger partial charge in [0.1, 0.15) is 0 Å². The van der Waals surface area contributed by atoms with Crippen LogP contribution in [0.3, 0.4) is 0 Å². The van der Waals surface area contributed by atoms with Gasteiger partial charge in [-0.25, -0.2) is 8.42 Å². The van der Waals surface area contributed by atoms with Crippen molar-refractivity contribution in [2.75, 3.05) is 0 Å². The van der Waals surface area contributed by atoms with Gasteiger partial charge in [-0.05, 0) is 68.6 Å². The Bertz CT molecular complexity index is 518. The Morgan fingerprint density at radius 2 is 1.59 bits per heavy atom. The van der Waals surface area contributed by atoms with E-state index in [4.69, 9.17) is 0 Å². The second-order valence-electron chi connectivity index (χ2n) is 8.86. The molecule has 3 nitrogen and oxygen atoms in total. The van der Waals surface area contributed by atoms with Crippen LogP contribution in [0.5, 0.6) is 0 Å². The van der Waals surface area contributed by atoms with Crippen LogP contribution < -0.4 is 29.6 Å². The second-order valence-corrected chi connectivity index (χ2v) is 10.5. The molecule has 152 valence electrons. The Morgan fingerprint density at radius 1 is 0.963 bits per heavy atom. The molecule has 0 aromatic carbocycles. The van der Waals surface area contributed by atoms with Crippen LogP contribution in [0.1, 0.15) is 97.3 Å². The number of rotatable bonds is 9. The normalized spacial score (nSPS) is 27.2. The summed E-state index contributed by atoms with van der Waals surface area (Å²) in [5.41, 5.74) is 0. The summed E-state index contributed by atoms with van der Waals surface area (Å²) in [6, 6.07) is 0. The summed E-state index contributed by atoms with van der Waals surface area (Å²) in [7, 11) is -4.08. The zero-order valence-electron chi connectivity index (χ0n) is 17.9. The minimum atomic E-state index is -4.08. The summed E-state index contributed by atoms with van der Waals surface area (Å²) in [5.74, 6) is 3.03. The predicted octanol–water partition coefficient (Wildman–Crippen LogP) is 3.06. The minimum absolute atomic E-state index is 0. The molecule has 2 saturated carbocycles. The molecule has 2 aliphatic carbocycles. The van der Waals surface area contributed by atoms with Crippen LogP contribution in [0.25, 0.3) is 0 Å². The number of hydrogen-bond donors (Lipinski definition) is 0. The summed E-state index contributed by atoms with van der Waals surface area (Å²) in [6.07, 6.45) is 19.7. The van der Waals surface area contributed by atoms with E-state index in [1.807, 2.05) is 0 Å². The first-order chi connectivity index (χ1) is 12.4. The Kier molecular flexibility index (Phi) is 12.4. The smallest absolute Gasteiger partial charge is 0.748 e. The van der Waals surface area contributed by atoms with Crippen LogP contribution in [0, 0.1) is 23.7 Å². The summed E-state index contributed by atoms with van der Waals surface area (Å²) in [6.45, 7) is 4.63. The molecule has 5 heteroatoms. The van der Waals surface area contributed by atoms with Crippen molar-refractivity contribution in [3.8, 4) is 0 Å². The maximum absolute atomic E-state index is 11.1. The molecular weight excluding hydrogens is 367 g/mol. The van der Waals surface area contributed by atoms with E-state index < -0.39 is 15.4 Å². The van der Waals surface area contributed by atoms with Gasteiger partial charge in [0.25, 0.3) is 0 Å². The van der Waals surface area contributed by atoms with Gasteiger partial charge in [0, 0.05) is 5.25 Å². The maximum atomic E-state index is 11.1. The molecule has 0 N–H and O–H groups in total. The Hall–Kier alpha value is 0.650. The van der Waals surface area contributed by atoms with Crippen LogP contribution in [-0.4, -0.2) is 18.2 Å². The van der Waals surface area contributed by atoms with Crippen molar-refractivity contribution < 1.29 is 42.5 Å². The molecule has 2 unspecified atom stereocenters. The maximum Gasteiger partial charge on any atom is 1.00 e. The van der Waals surface area contributed by atoms with Crippen molar-refractivity contribution in [3.05, 3.63) is 12.2 Å². The van der Waals surface area contributed by atoms with E-state index in [1.54, 1.807) is 0 Å². The van der Waals surface area contributed by atoms with Crippen molar-refractivity contribution in [1.82, 2.24) is 0 Å². The number of allylic oxidation sites excluding steroid dienone is 2. The Balaban J connectivity index is 0.00000364. The van der Waals surface area contributed by atoms with E-state index in [9.17, 15) is 13.0 Å². The van der Waals surface area contributed by atoms with Gasteiger partial charge in [-0.15, -0.1) is 0 Å². The van der Waals surface area contributed by atoms with Crippen LogP contribution >= 0.6 is 0 Å². The van der Waals surface area contributed by atoms with Gasteiger partial charge >= 0.3 is 29.6 Å². The van der Waals surface area contributed by atoms with Crippen molar-refractivity contribution in [2.45, 2.75) is 103 Å². The molecule has 0 aromatic rings. The largest absolute Gasteiger partial charge is 1.00 e. The molecule has 0 saturated heterocycles. The van der Waals surface area contributed by atoms with Crippen molar-refractivity contribution in [2.24, 2.45) is 23.7 Å². The monoisotopic (exact) mass is 406 g/mol. The van der Waals surface area contributed by atoms with Crippen LogP contribution in [0.4, 0.5) is 0 Å². The standard InChI is InChI=1S/C22H40O3S.Na/c1-3-19(21-12-8-5-9-13-21)11-7-4-6-10-18(2)20-14-16-22(17-15-20)26(23,24)25;/h4,7,18-22H,3,5-6,8-17H2,1-2H3,(H,23,24,25);/q;+1/p-1/b7-4+;. The van der Waals surface area contributed by atoms with Gasteiger partial charge in [-0.2, -0.15) is 0 Å². The van der Waals surface area contributed by atoms with E-state index in [-0.39, 0.29) is 29.6 Å². The Labute approximate surface area is 190 Å². The zero-order chi connectivity index (χ0) is 19.0. The van der Waals surface area contributed by atoms with Crippen LogP contribution in [0.15, 0.2) is 12.2 Å². The minimum Gasteiger partial charge on any atom is -0.748 e. The van der Waals surface area contributed by atoms with Crippen molar-refractivity contribution in [1.29, 1.82) is 0 Å². The van der Waals surface area contributed by atoms with Gasteiger partial charge in [0.15, 0.2) is 0 Å². The molecule has 2 aliphatic rings. The second kappa shape index (κ2) is 13.1. The topological polar surface area (TPSA) is 57.2 Å². The van der Waals surface area contributed by atoms with E-state index >= 15 is 0 Å².